The number of aryl methyl sites for hydroxylation is 2. The Kier molecular flexibility index (Phi) is 6.37. The second-order valence-electron chi connectivity index (χ2n) is 7.67. The minimum atomic E-state index is 0.115. The van der Waals surface area contributed by atoms with E-state index in [0.29, 0.717) is 12.3 Å². The summed E-state index contributed by atoms with van der Waals surface area (Å²) in [6, 6.07) is 22.5. The van der Waals surface area contributed by atoms with Gasteiger partial charge < -0.3 is 9.13 Å². The highest BCUT2D eigenvalue weighted by Crippen LogP contribution is 2.23. The van der Waals surface area contributed by atoms with Crippen LogP contribution in [0.4, 0.5) is 0 Å². The van der Waals surface area contributed by atoms with Gasteiger partial charge in [0.25, 0.3) is 0 Å². The van der Waals surface area contributed by atoms with Gasteiger partial charge in [-0.2, -0.15) is 0 Å². The van der Waals surface area contributed by atoms with Gasteiger partial charge in [0.05, 0.1) is 12.3 Å². The maximum atomic E-state index is 13.0. The van der Waals surface area contributed by atoms with E-state index in [0.717, 1.165) is 34.5 Å². The zero-order valence-corrected chi connectivity index (χ0v) is 18.9. The Bertz CT molecular complexity index is 1180. The first-order valence-corrected chi connectivity index (χ1v) is 11.3. The van der Waals surface area contributed by atoms with E-state index >= 15 is 0 Å². The molecule has 2 aromatic heterocycles. The molecular weight excluding hydrogens is 404 g/mol. The summed E-state index contributed by atoms with van der Waals surface area (Å²) in [6.45, 7) is 7.49. The molecule has 0 radical (unpaired) electrons. The van der Waals surface area contributed by atoms with E-state index in [-0.39, 0.29) is 5.78 Å². The van der Waals surface area contributed by atoms with Gasteiger partial charge >= 0.3 is 0 Å². The minimum Gasteiger partial charge on any atom is -0.344 e. The van der Waals surface area contributed by atoms with Crippen LogP contribution >= 0.6 is 11.8 Å². The van der Waals surface area contributed by atoms with Gasteiger partial charge in [-0.05, 0) is 38.0 Å². The number of aromatic nitrogens is 4. The average Bonchev–Trinajstić information content (AvgIpc) is 3.27. The molecule has 6 heteroatoms. The monoisotopic (exact) mass is 430 g/mol. The number of rotatable bonds is 8. The number of thioether (sulfide) groups is 1. The molecule has 4 rings (SSSR count). The third-order valence-electron chi connectivity index (χ3n) is 5.48. The number of hydrogen-bond donors (Lipinski definition) is 0. The SMILES string of the molecule is Cc1cc(C(=O)CSc2nnc(C)n2Cc2ccccc2)c(C)n1Cc1ccccc1. The van der Waals surface area contributed by atoms with Gasteiger partial charge in [-0.1, -0.05) is 72.4 Å². The molecule has 0 aliphatic carbocycles. The molecule has 4 aromatic rings. The molecule has 31 heavy (non-hydrogen) atoms. The van der Waals surface area contributed by atoms with Gasteiger partial charge in [-0.3, -0.25) is 4.79 Å². The fourth-order valence-electron chi connectivity index (χ4n) is 3.72. The van der Waals surface area contributed by atoms with E-state index in [1.54, 1.807) is 0 Å². The van der Waals surface area contributed by atoms with Gasteiger partial charge in [0.2, 0.25) is 0 Å². The molecule has 0 aliphatic heterocycles. The van der Waals surface area contributed by atoms with E-state index in [4.69, 9.17) is 0 Å². The number of hydrogen-bond acceptors (Lipinski definition) is 4. The number of nitrogens with zero attached hydrogens (tertiary/aromatic N) is 4. The van der Waals surface area contributed by atoms with Gasteiger partial charge in [0.1, 0.15) is 5.82 Å². The zero-order valence-electron chi connectivity index (χ0n) is 18.1. The van der Waals surface area contributed by atoms with Crippen molar-refractivity contribution in [3.05, 3.63) is 101 Å². The Morgan fingerprint density at radius 2 is 1.42 bits per heavy atom. The van der Waals surface area contributed by atoms with Crippen molar-refractivity contribution < 1.29 is 4.79 Å². The van der Waals surface area contributed by atoms with E-state index in [9.17, 15) is 4.79 Å². The molecule has 2 heterocycles. The maximum absolute atomic E-state index is 13.0. The molecule has 0 atom stereocenters. The molecule has 0 spiro atoms. The van der Waals surface area contributed by atoms with Crippen molar-refractivity contribution in [1.29, 1.82) is 0 Å². The fraction of sp³-hybridized carbons (Fsp3) is 0.240. The lowest BCUT2D eigenvalue weighted by molar-refractivity contribution is 0.102. The first-order valence-electron chi connectivity index (χ1n) is 10.3. The largest absolute Gasteiger partial charge is 0.344 e. The Balaban J connectivity index is 1.47. The molecule has 0 bridgehead atoms. The molecule has 0 aliphatic rings. The molecule has 0 unspecified atom stereocenters. The van der Waals surface area contributed by atoms with Crippen LogP contribution in [-0.4, -0.2) is 30.9 Å². The van der Waals surface area contributed by atoms with Gasteiger partial charge in [0, 0.05) is 23.5 Å². The second-order valence-corrected chi connectivity index (χ2v) is 8.61. The van der Waals surface area contributed by atoms with Crippen LogP contribution in [0.15, 0.2) is 71.9 Å². The molecule has 0 amide bonds. The van der Waals surface area contributed by atoms with Crippen molar-refractivity contribution >= 4 is 17.5 Å². The molecule has 158 valence electrons. The molecule has 0 saturated heterocycles. The lowest BCUT2D eigenvalue weighted by Crippen LogP contribution is -2.09. The van der Waals surface area contributed by atoms with Crippen LogP contribution in [0.25, 0.3) is 0 Å². The fourth-order valence-corrected chi connectivity index (χ4v) is 4.58. The van der Waals surface area contributed by atoms with E-state index in [1.807, 2.05) is 56.3 Å². The molecule has 2 aromatic carbocycles. The van der Waals surface area contributed by atoms with Gasteiger partial charge in [0.15, 0.2) is 10.9 Å². The summed E-state index contributed by atoms with van der Waals surface area (Å²) < 4.78 is 4.27. The van der Waals surface area contributed by atoms with Crippen LogP contribution in [-0.2, 0) is 13.1 Å². The summed E-state index contributed by atoms with van der Waals surface area (Å²) in [7, 11) is 0. The standard InChI is InChI=1S/C25H26N4OS/c1-18-14-23(19(2)28(18)15-21-10-6-4-7-11-21)24(30)17-31-25-27-26-20(3)29(25)16-22-12-8-5-9-13-22/h4-14H,15-17H2,1-3H3. The van der Waals surface area contributed by atoms with Crippen LogP contribution in [0.5, 0.6) is 0 Å². The van der Waals surface area contributed by atoms with Crippen LogP contribution in [0.1, 0.15) is 38.7 Å². The molecule has 0 saturated carbocycles. The number of benzene rings is 2. The van der Waals surface area contributed by atoms with Crippen molar-refractivity contribution in [1.82, 2.24) is 19.3 Å². The third kappa shape index (κ3) is 4.80. The lowest BCUT2D eigenvalue weighted by atomic mass is 10.2. The van der Waals surface area contributed by atoms with Crippen molar-refractivity contribution in [2.45, 2.75) is 39.0 Å². The highest BCUT2D eigenvalue weighted by Gasteiger charge is 2.18. The number of Topliss-reactive ketones (excluding diaryl/α,β-unsaturated/α-hetero) is 1. The summed E-state index contributed by atoms with van der Waals surface area (Å²) in [6.07, 6.45) is 0. The van der Waals surface area contributed by atoms with Crippen LogP contribution in [0.2, 0.25) is 0 Å². The van der Waals surface area contributed by atoms with Crippen molar-refractivity contribution in [2.24, 2.45) is 0 Å². The van der Waals surface area contributed by atoms with Crippen molar-refractivity contribution in [3.63, 3.8) is 0 Å². The minimum absolute atomic E-state index is 0.115. The summed E-state index contributed by atoms with van der Waals surface area (Å²) in [5.41, 5.74) is 5.30. The van der Waals surface area contributed by atoms with E-state index < -0.39 is 0 Å². The molecule has 0 N–H and O–H groups in total. The van der Waals surface area contributed by atoms with E-state index in [1.165, 1.54) is 22.9 Å². The molecule has 0 fully saturated rings. The molecular formula is C25H26N4OS. The zero-order chi connectivity index (χ0) is 21.8. The van der Waals surface area contributed by atoms with Gasteiger partial charge in [-0.15, -0.1) is 10.2 Å². The first kappa shape index (κ1) is 21.1. The smallest absolute Gasteiger partial charge is 0.191 e. The number of ketones is 1. The van der Waals surface area contributed by atoms with E-state index in [2.05, 4.69) is 50.5 Å². The predicted octanol–water partition coefficient (Wildman–Crippen LogP) is 5.08. The predicted molar refractivity (Wildman–Crippen MR) is 125 cm³/mol. The Labute approximate surface area is 187 Å². The van der Waals surface area contributed by atoms with Crippen molar-refractivity contribution in [3.8, 4) is 0 Å². The maximum Gasteiger partial charge on any atom is 0.191 e. The number of carbonyl (C=O) groups excluding carboxylic acids is 1. The summed E-state index contributed by atoms with van der Waals surface area (Å²) >= 11 is 1.45. The summed E-state index contributed by atoms with van der Waals surface area (Å²) in [4.78, 5) is 13.0. The summed E-state index contributed by atoms with van der Waals surface area (Å²) in [5.74, 6) is 1.30. The first-order chi connectivity index (χ1) is 15.0. The Hall–Kier alpha value is -3.12. The average molecular weight is 431 g/mol. The second kappa shape index (κ2) is 9.35. The highest BCUT2D eigenvalue weighted by molar-refractivity contribution is 7.99. The normalized spacial score (nSPS) is 11.1. The van der Waals surface area contributed by atoms with Crippen LogP contribution in [0.3, 0.4) is 0 Å². The van der Waals surface area contributed by atoms with Crippen LogP contribution in [0, 0.1) is 20.8 Å². The lowest BCUT2D eigenvalue weighted by Gasteiger charge is -2.10. The molecule has 5 nitrogen and oxygen atoms in total. The summed E-state index contributed by atoms with van der Waals surface area (Å²) in [5, 5.41) is 9.29. The number of carbonyl (C=O) groups is 1. The van der Waals surface area contributed by atoms with Crippen molar-refractivity contribution in [2.75, 3.05) is 5.75 Å². The topological polar surface area (TPSA) is 52.7 Å². The quantitative estimate of drug-likeness (QED) is 0.289. The third-order valence-corrected chi connectivity index (χ3v) is 6.44. The Morgan fingerprint density at radius 3 is 2.03 bits per heavy atom. The highest BCUT2D eigenvalue weighted by atomic mass is 32.2. The van der Waals surface area contributed by atoms with Gasteiger partial charge in [-0.25, -0.2) is 0 Å². The van der Waals surface area contributed by atoms with Crippen LogP contribution < -0.4 is 0 Å². The Morgan fingerprint density at radius 1 is 0.839 bits per heavy atom.